The maximum atomic E-state index is 12.4. The van der Waals surface area contributed by atoms with E-state index in [9.17, 15) is 19.2 Å². The summed E-state index contributed by atoms with van der Waals surface area (Å²) in [6, 6.07) is 21.0. The van der Waals surface area contributed by atoms with Gasteiger partial charge in [-0.3, -0.25) is 4.79 Å². The first-order valence-electron chi connectivity index (χ1n) is 14.4. The Hall–Kier alpha value is -5.18. The number of nitrogens with one attached hydrogen (secondary N) is 1. The van der Waals surface area contributed by atoms with Gasteiger partial charge in [0.2, 0.25) is 5.91 Å². The van der Waals surface area contributed by atoms with Gasteiger partial charge in [0.25, 0.3) is 0 Å². The zero-order valence-corrected chi connectivity index (χ0v) is 25.0. The van der Waals surface area contributed by atoms with Gasteiger partial charge in [-0.25, -0.2) is 14.4 Å². The minimum atomic E-state index is -0.601. The van der Waals surface area contributed by atoms with Crippen LogP contribution >= 0.6 is 0 Å². The van der Waals surface area contributed by atoms with Crippen molar-refractivity contribution in [2.45, 2.75) is 39.0 Å². The molecule has 1 N–H and O–H groups in total. The molecule has 1 amide bonds. The highest BCUT2D eigenvalue weighted by Gasteiger charge is 2.09. The molecule has 0 saturated heterocycles. The highest BCUT2D eigenvalue weighted by atomic mass is 16.5. The van der Waals surface area contributed by atoms with Crippen molar-refractivity contribution in [2.75, 3.05) is 25.6 Å². The van der Waals surface area contributed by atoms with E-state index < -0.39 is 23.8 Å². The molecule has 3 aromatic rings. The molecule has 0 aliphatic heterocycles. The quantitative estimate of drug-likeness (QED) is 0.0879. The third-order valence-corrected chi connectivity index (χ3v) is 6.26. The van der Waals surface area contributed by atoms with E-state index in [0.717, 1.165) is 49.0 Å². The van der Waals surface area contributed by atoms with E-state index in [1.807, 2.05) is 12.1 Å². The Bertz CT molecular complexity index is 1430. The molecule has 0 aromatic heterocycles. The second-order valence-electron chi connectivity index (χ2n) is 9.69. The molecule has 9 nitrogen and oxygen atoms in total. The van der Waals surface area contributed by atoms with E-state index in [0.29, 0.717) is 42.4 Å². The van der Waals surface area contributed by atoms with Crippen LogP contribution in [-0.2, 0) is 30.3 Å². The number of hydrogen-bond acceptors (Lipinski definition) is 8. The highest BCUT2D eigenvalue weighted by molar-refractivity contribution is 6.02. The van der Waals surface area contributed by atoms with Gasteiger partial charge in [0.15, 0.2) is 0 Å². The number of carbonyl (C=O) groups is 4. The summed E-state index contributed by atoms with van der Waals surface area (Å²) in [6.07, 6.45) is 9.49. The number of hydrogen-bond donors (Lipinski definition) is 1. The van der Waals surface area contributed by atoms with Crippen molar-refractivity contribution >= 4 is 35.6 Å². The zero-order chi connectivity index (χ0) is 31.6. The fourth-order valence-electron chi connectivity index (χ4n) is 3.80. The van der Waals surface area contributed by atoms with Gasteiger partial charge in [0, 0.05) is 23.9 Å². The molecule has 44 heavy (non-hydrogen) atoms. The number of aryl methyl sites for hydroxylation is 1. The Morgan fingerprint density at radius 1 is 0.727 bits per heavy atom. The molecular formula is C35H37NO8. The summed E-state index contributed by atoms with van der Waals surface area (Å²) in [6.45, 7) is 3.03. The van der Waals surface area contributed by atoms with Crippen LogP contribution in [0.5, 0.6) is 11.5 Å². The van der Waals surface area contributed by atoms with Gasteiger partial charge >= 0.3 is 17.9 Å². The lowest BCUT2D eigenvalue weighted by Crippen LogP contribution is -2.09. The van der Waals surface area contributed by atoms with E-state index >= 15 is 0 Å². The number of methoxy groups -OCH3 is 1. The summed E-state index contributed by atoms with van der Waals surface area (Å²) in [4.78, 5) is 47.4. The first kappa shape index (κ1) is 33.3. The topological polar surface area (TPSA) is 117 Å². The van der Waals surface area contributed by atoms with Crippen LogP contribution in [0.25, 0.3) is 6.08 Å². The lowest BCUT2D eigenvalue weighted by molar-refractivity contribution is -0.138. The number of ether oxygens (including phenoxy) is 4. The molecule has 3 rings (SSSR count). The number of unbranched alkanes of at least 4 members (excludes halogenated alkanes) is 2. The average Bonchev–Trinajstić information content (AvgIpc) is 3.04. The molecule has 0 aliphatic rings. The van der Waals surface area contributed by atoms with E-state index in [-0.39, 0.29) is 0 Å². The van der Waals surface area contributed by atoms with E-state index in [4.69, 9.17) is 14.2 Å². The number of benzene rings is 3. The molecule has 0 radical (unpaired) electrons. The number of rotatable bonds is 16. The monoisotopic (exact) mass is 599 g/mol. The average molecular weight is 600 g/mol. The minimum Gasteiger partial charge on any atom is -0.494 e. The molecule has 0 heterocycles. The van der Waals surface area contributed by atoms with Gasteiger partial charge in [0.1, 0.15) is 11.5 Å². The number of carbonyl (C=O) groups excluding carboxylic acids is 4. The van der Waals surface area contributed by atoms with Crippen LogP contribution in [0.2, 0.25) is 0 Å². The molecule has 0 bridgehead atoms. The van der Waals surface area contributed by atoms with Crippen LogP contribution in [0.4, 0.5) is 5.69 Å². The Morgan fingerprint density at radius 2 is 1.43 bits per heavy atom. The van der Waals surface area contributed by atoms with Crippen LogP contribution in [0.15, 0.2) is 91.0 Å². The molecule has 9 heteroatoms. The second kappa shape index (κ2) is 18.4. The van der Waals surface area contributed by atoms with Gasteiger partial charge in [-0.05, 0) is 91.4 Å². The zero-order valence-electron chi connectivity index (χ0n) is 25.0. The van der Waals surface area contributed by atoms with Crippen molar-refractivity contribution in [3.8, 4) is 11.5 Å². The predicted molar refractivity (Wildman–Crippen MR) is 167 cm³/mol. The standard InChI is InChI=1S/C35H37NO8/c1-3-4-24-42-30-19-13-28(14-20-30)35(40)44-31-17-10-27(11-18-31)12-22-34(39)43-25-6-5-7-26-8-15-29(16-9-26)36-32(37)21-23-33(38)41-2/h8-23H,3-7,24-25H2,1-2H3,(H,36,37)/b22-12+,23-21-. The molecule has 3 aromatic carbocycles. The van der Waals surface area contributed by atoms with Gasteiger partial charge < -0.3 is 24.3 Å². The van der Waals surface area contributed by atoms with Crippen molar-refractivity contribution < 1.29 is 38.1 Å². The molecule has 230 valence electrons. The van der Waals surface area contributed by atoms with Crippen LogP contribution in [0, 0.1) is 0 Å². The summed E-state index contributed by atoms with van der Waals surface area (Å²) in [7, 11) is 1.24. The van der Waals surface area contributed by atoms with Crippen LogP contribution in [0.3, 0.4) is 0 Å². The maximum Gasteiger partial charge on any atom is 0.343 e. The molecule has 0 fully saturated rings. The normalized spacial score (nSPS) is 10.9. The first-order valence-corrected chi connectivity index (χ1v) is 14.4. The van der Waals surface area contributed by atoms with Gasteiger partial charge in [0.05, 0.1) is 25.9 Å². The lowest BCUT2D eigenvalue weighted by Gasteiger charge is -2.07. The van der Waals surface area contributed by atoms with Gasteiger partial charge in [-0.2, -0.15) is 0 Å². The molecule has 0 aliphatic carbocycles. The van der Waals surface area contributed by atoms with Crippen molar-refractivity contribution in [3.05, 3.63) is 108 Å². The molecule has 0 atom stereocenters. The van der Waals surface area contributed by atoms with Crippen LogP contribution < -0.4 is 14.8 Å². The summed E-state index contributed by atoms with van der Waals surface area (Å²) in [5.41, 5.74) is 2.87. The van der Waals surface area contributed by atoms with E-state index in [1.54, 1.807) is 66.7 Å². The lowest BCUT2D eigenvalue weighted by atomic mass is 10.1. The van der Waals surface area contributed by atoms with E-state index in [1.165, 1.54) is 13.2 Å². The third-order valence-electron chi connectivity index (χ3n) is 6.26. The summed E-state index contributed by atoms with van der Waals surface area (Å²) in [5, 5.41) is 2.66. The smallest absolute Gasteiger partial charge is 0.343 e. The van der Waals surface area contributed by atoms with E-state index in [2.05, 4.69) is 17.0 Å². The number of amides is 1. The number of anilines is 1. The minimum absolute atomic E-state index is 0.296. The Morgan fingerprint density at radius 3 is 2.11 bits per heavy atom. The fourth-order valence-corrected chi connectivity index (χ4v) is 3.80. The maximum absolute atomic E-state index is 12.4. The number of esters is 3. The van der Waals surface area contributed by atoms with Gasteiger partial charge in [-0.1, -0.05) is 37.6 Å². The largest absolute Gasteiger partial charge is 0.494 e. The summed E-state index contributed by atoms with van der Waals surface area (Å²) >= 11 is 0. The van der Waals surface area contributed by atoms with Crippen LogP contribution in [0.1, 0.15) is 54.1 Å². The van der Waals surface area contributed by atoms with Crippen molar-refractivity contribution in [1.29, 1.82) is 0 Å². The first-order chi connectivity index (χ1) is 21.4. The SMILES string of the molecule is CCCCOc1ccc(C(=O)Oc2ccc(/C=C/C(=O)OCCCCc3ccc(NC(=O)/C=C\C(=O)OC)cc3)cc2)cc1. The molecule has 0 saturated carbocycles. The predicted octanol–water partition coefficient (Wildman–Crippen LogP) is 6.33. The Labute approximate surface area is 257 Å². The highest BCUT2D eigenvalue weighted by Crippen LogP contribution is 2.18. The van der Waals surface area contributed by atoms with Crippen molar-refractivity contribution in [1.82, 2.24) is 0 Å². The molecule has 0 unspecified atom stereocenters. The molecular weight excluding hydrogens is 562 g/mol. The van der Waals surface area contributed by atoms with Crippen molar-refractivity contribution in [3.63, 3.8) is 0 Å². The van der Waals surface area contributed by atoms with Gasteiger partial charge in [-0.15, -0.1) is 0 Å². The molecule has 0 spiro atoms. The Balaban J connectivity index is 1.32. The second-order valence-corrected chi connectivity index (χ2v) is 9.69. The third kappa shape index (κ3) is 12.4. The Kier molecular flexibility index (Phi) is 13.9. The summed E-state index contributed by atoms with van der Waals surface area (Å²) in [5.74, 6) is -0.831. The van der Waals surface area contributed by atoms with Crippen LogP contribution in [-0.4, -0.2) is 44.1 Å². The summed E-state index contributed by atoms with van der Waals surface area (Å²) < 4.78 is 20.8. The fraction of sp³-hybridized carbons (Fsp3) is 0.257. The van der Waals surface area contributed by atoms with Crippen molar-refractivity contribution in [2.24, 2.45) is 0 Å².